The van der Waals surface area contributed by atoms with Crippen LogP contribution in [0.3, 0.4) is 0 Å². The zero-order chi connectivity index (χ0) is 18.2. The lowest BCUT2D eigenvalue weighted by atomic mass is 10.1. The zero-order valence-corrected chi connectivity index (χ0v) is 15.4. The van der Waals surface area contributed by atoms with Crippen LogP contribution in [0.4, 0.5) is 10.5 Å². The van der Waals surface area contributed by atoms with Crippen molar-refractivity contribution in [3.8, 4) is 5.75 Å². The van der Waals surface area contributed by atoms with Gasteiger partial charge in [-0.2, -0.15) is 0 Å². The molecule has 2 aliphatic heterocycles. The van der Waals surface area contributed by atoms with Gasteiger partial charge in [0.25, 0.3) is 5.91 Å². The molecule has 0 aromatic heterocycles. The van der Waals surface area contributed by atoms with Crippen molar-refractivity contribution in [3.05, 3.63) is 24.3 Å². The first-order chi connectivity index (χ1) is 11.9. The van der Waals surface area contributed by atoms with Crippen LogP contribution in [0.1, 0.15) is 13.8 Å². The van der Waals surface area contributed by atoms with Crippen LogP contribution in [-0.2, 0) is 4.79 Å². The van der Waals surface area contributed by atoms with E-state index in [1.807, 2.05) is 18.2 Å². The smallest absolute Gasteiger partial charge is 0.328 e. The topological polar surface area (TPSA) is 56.3 Å². The van der Waals surface area contributed by atoms with Gasteiger partial charge >= 0.3 is 6.03 Å². The van der Waals surface area contributed by atoms with E-state index in [0.29, 0.717) is 6.67 Å². The number of amides is 3. The number of benzene rings is 1. The summed E-state index contributed by atoms with van der Waals surface area (Å²) in [4.78, 5) is 32.2. The van der Waals surface area contributed by atoms with Crippen molar-refractivity contribution in [3.63, 3.8) is 0 Å². The van der Waals surface area contributed by atoms with Gasteiger partial charge in [0.2, 0.25) is 0 Å². The third kappa shape index (κ3) is 3.04. The molecular formula is C18H26N4O3. The Morgan fingerprint density at radius 2 is 1.72 bits per heavy atom. The third-order valence-corrected chi connectivity index (χ3v) is 5.26. The molecule has 0 unspecified atom stereocenters. The summed E-state index contributed by atoms with van der Waals surface area (Å²) in [6.45, 7) is 7.16. The molecule has 0 spiro atoms. The normalized spacial score (nSPS) is 21.2. The number of hydrogen-bond donors (Lipinski definition) is 0. The van der Waals surface area contributed by atoms with Gasteiger partial charge in [-0.1, -0.05) is 12.1 Å². The van der Waals surface area contributed by atoms with E-state index in [-0.39, 0.29) is 11.9 Å². The Balaban J connectivity index is 1.62. The van der Waals surface area contributed by atoms with E-state index in [4.69, 9.17) is 4.74 Å². The Labute approximate surface area is 148 Å². The van der Waals surface area contributed by atoms with Gasteiger partial charge in [-0.15, -0.1) is 0 Å². The van der Waals surface area contributed by atoms with Gasteiger partial charge in [0, 0.05) is 33.2 Å². The molecule has 7 nitrogen and oxygen atoms in total. The second-order valence-corrected chi connectivity index (χ2v) is 7.05. The molecule has 1 aromatic carbocycles. The maximum atomic E-state index is 12.5. The zero-order valence-electron chi connectivity index (χ0n) is 15.4. The summed E-state index contributed by atoms with van der Waals surface area (Å²) in [6.07, 6.45) is 0. The molecule has 0 radical (unpaired) electrons. The highest BCUT2D eigenvalue weighted by Gasteiger charge is 2.49. The molecule has 136 valence electrons. The first kappa shape index (κ1) is 17.5. The van der Waals surface area contributed by atoms with Crippen LogP contribution in [0.5, 0.6) is 5.75 Å². The fourth-order valence-electron chi connectivity index (χ4n) is 3.33. The third-order valence-electron chi connectivity index (χ3n) is 5.26. The van der Waals surface area contributed by atoms with Gasteiger partial charge in [-0.05, 0) is 26.0 Å². The summed E-state index contributed by atoms with van der Waals surface area (Å²) in [7, 11) is 3.36. The monoisotopic (exact) mass is 346 g/mol. The van der Waals surface area contributed by atoms with E-state index in [1.165, 1.54) is 9.80 Å². The van der Waals surface area contributed by atoms with E-state index in [2.05, 4.69) is 15.9 Å². The number of anilines is 1. The lowest BCUT2D eigenvalue weighted by Gasteiger charge is -2.37. The number of carbonyl (C=O) groups excluding carboxylic acids is 2. The number of piperazine rings is 1. The van der Waals surface area contributed by atoms with Crippen molar-refractivity contribution in [2.75, 3.05) is 51.9 Å². The Hall–Kier alpha value is -2.28. The van der Waals surface area contributed by atoms with Crippen molar-refractivity contribution in [1.29, 1.82) is 0 Å². The van der Waals surface area contributed by atoms with Crippen LogP contribution in [-0.4, -0.2) is 79.2 Å². The predicted octanol–water partition coefficient (Wildman–Crippen LogP) is 1.45. The van der Waals surface area contributed by atoms with E-state index in [9.17, 15) is 9.59 Å². The summed E-state index contributed by atoms with van der Waals surface area (Å²) in [5, 5.41) is 0. The van der Waals surface area contributed by atoms with Gasteiger partial charge in [-0.3, -0.25) is 9.69 Å². The summed E-state index contributed by atoms with van der Waals surface area (Å²) in [5.41, 5.74) is 0.315. The van der Waals surface area contributed by atoms with Crippen molar-refractivity contribution < 1.29 is 14.3 Å². The molecule has 3 amide bonds. The van der Waals surface area contributed by atoms with Crippen molar-refractivity contribution in [2.24, 2.45) is 0 Å². The van der Waals surface area contributed by atoms with Crippen molar-refractivity contribution >= 4 is 17.6 Å². The summed E-state index contributed by atoms with van der Waals surface area (Å²) < 4.78 is 5.44. The number of carbonyl (C=O) groups is 2. The average molecular weight is 346 g/mol. The molecule has 1 aromatic rings. The summed E-state index contributed by atoms with van der Waals surface area (Å²) >= 11 is 0. The molecule has 25 heavy (non-hydrogen) atoms. The number of ether oxygens (including phenoxy) is 1. The van der Waals surface area contributed by atoms with Crippen LogP contribution >= 0.6 is 0 Å². The lowest BCUT2D eigenvalue weighted by molar-refractivity contribution is -0.133. The molecule has 7 heteroatoms. The van der Waals surface area contributed by atoms with Crippen LogP contribution in [0.15, 0.2) is 24.3 Å². The number of nitrogens with zero attached hydrogens (tertiary/aromatic N) is 4. The maximum Gasteiger partial charge on any atom is 0.328 e. The quantitative estimate of drug-likeness (QED) is 0.773. The van der Waals surface area contributed by atoms with Gasteiger partial charge < -0.3 is 14.5 Å². The summed E-state index contributed by atoms with van der Waals surface area (Å²) in [6, 6.07) is 7.76. The Bertz CT molecular complexity index is 668. The number of hydrogen-bond acceptors (Lipinski definition) is 5. The van der Waals surface area contributed by atoms with Gasteiger partial charge in [0.15, 0.2) is 0 Å². The number of urea groups is 1. The van der Waals surface area contributed by atoms with Crippen molar-refractivity contribution in [2.45, 2.75) is 19.4 Å². The molecule has 0 N–H and O–H groups in total. The number of para-hydroxylation sites is 2. The molecule has 2 aliphatic rings. The Morgan fingerprint density at radius 3 is 2.28 bits per heavy atom. The average Bonchev–Trinajstić information content (AvgIpc) is 2.77. The first-order valence-electron chi connectivity index (χ1n) is 8.56. The molecule has 2 fully saturated rings. The minimum Gasteiger partial charge on any atom is -0.495 e. The van der Waals surface area contributed by atoms with E-state index in [1.54, 1.807) is 28.0 Å². The Morgan fingerprint density at radius 1 is 1.08 bits per heavy atom. The number of rotatable bonds is 4. The minimum absolute atomic E-state index is 0.132. The molecular weight excluding hydrogens is 320 g/mol. The van der Waals surface area contributed by atoms with E-state index >= 15 is 0 Å². The maximum absolute atomic E-state index is 12.5. The number of methoxy groups -OCH3 is 1. The van der Waals surface area contributed by atoms with Gasteiger partial charge in [0.1, 0.15) is 11.3 Å². The SMILES string of the molecule is COc1ccccc1N1CCN(CN2C(=O)N(C)C(C)(C)C2=O)CC1. The highest BCUT2D eigenvalue weighted by Crippen LogP contribution is 2.29. The van der Waals surface area contributed by atoms with Gasteiger partial charge in [0.05, 0.1) is 19.5 Å². The second-order valence-electron chi connectivity index (χ2n) is 7.05. The van der Waals surface area contributed by atoms with Crippen LogP contribution in [0.2, 0.25) is 0 Å². The molecule has 0 aliphatic carbocycles. The Kier molecular flexibility index (Phi) is 4.60. The number of imide groups is 1. The lowest BCUT2D eigenvalue weighted by Crippen LogP contribution is -2.51. The van der Waals surface area contributed by atoms with E-state index in [0.717, 1.165) is 37.6 Å². The molecule has 2 saturated heterocycles. The standard InChI is InChI=1S/C18H26N4O3/c1-18(2)16(23)22(17(24)19(18)3)13-20-9-11-21(12-10-20)14-7-5-6-8-15(14)25-4/h5-8H,9-13H2,1-4H3. The second kappa shape index (κ2) is 6.55. The summed E-state index contributed by atoms with van der Waals surface area (Å²) in [5.74, 6) is 0.733. The molecule has 0 saturated carbocycles. The molecule has 0 atom stereocenters. The van der Waals surface area contributed by atoms with E-state index < -0.39 is 5.54 Å². The van der Waals surface area contributed by atoms with Crippen LogP contribution in [0.25, 0.3) is 0 Å². The number of likely N-dealkylation sites (N-methyl/N-ethyl adjacent to an activating group) is 1. The molecule has 0 bridgehead atoms. The minimum atomic E-state index is -0.768. The molecule has 2 heterocycles. The highest BCUT2D eigenvalue weighted by atomic mass is 16.5. The highest BCUT2D eigenvalue weighted by molar-refractivity contribution is 6.06. The fourth-order valence-corrected chi connectivity index (χ4v) is 3.33. The van der Waals surface area contributed by atoms with Gasteiger partial charge in [-0.25, -0.2) is 9.69 Å². The van der Waals surface area contributed by atoms with Crippen LogP contribution < -0.4 is 9.64 Å². The fraction of sp³-hybridized carbons (Fsp3) is 0.556. The van der Waals surface area contributed by atoms with Crippen molar-refractivity contribution in [1.82, 2.24) is 14.7 Å². The largest absolute Gasteiger partial charge is 0.495 e. The predicted molar refractivity (Wildman–Crippen MR) is 95.7 cm³/mol. The van der Waals surface area contributed by atoms with Crippen LogP contribution in [0, 0.1) is 0 Å². The first-order valence-corrected chi connectivity index (χ1v) is 8.56. The molecule has 3 rings (SSSR count).